The van der Waals surface area contributed by atoms with Crippen LogP contribution in [0.15, 0.2) is 18.2 Å². The zero-order valence-corrected chi connectivity index (χ0v) is 14.4. The van der Waals surface area contributed by atoms with Crippen molar-refractivity contribution in [3.05, 3.63) is 29.3 Å². The van der Waals surface area contributed by atoms with Gasteiger partial charge in [0.1, 0.15) is 0 Å². The van der Waals surface area contributed by atoms with Crippen LogP contribution in [0.25, 0.3) is 0 Å². The van der Waals surface area contributed by atoms with E-state index in [1.807, 2.05) is 26.0 Å². The summed E-state index contributed by atoms with van der Waals surface area (Å²) in [6.45, 7) is 9.84. The predicted octanol–water partition coefficient (Wildman–Crippen LogP) is 2.38. The molecule has 120 valence electrons. The normalized spacial score (nSPS) is 16.3. The zero-order chi connectivity index (χ0) is 13.8. The molecule has 2 rings (SSSR count). The number of carbonyl (C=O) groups excluding carboxylic acids is 1. The van der Waals surface area contributed by atoms with Gasteiger partial charge in [0.15, 0.2) is 0 Å². The molecular weight excluding hydrogens is 309 g/mol. The Labute approximate surface area is 139 Å². The molecule has 1 aromatic rings. The van der Waals surface area contributed by atoms with Crippen LogP contribution in [0.4, 0.5) is 5.69 Å². The van der Waals surface area contributed by atoms with Gasteiger partial charge in [-0.25, -0.2) is 0 Å². The number of piperazine rings is 1. The summed E-state index contributed by atoms with van der Waals surface area (Å²) in [5.74, 6) is 0.0776. The molecule has 1 aliphatic rings. The smallest absolute Gasteiger partial charge is 0.241 e. The number of benzene rings is 1. The Morgan fingerprint density at radius 2 is 1.86 bits per heavy atom. The summed E-state index contributed by atoms with van der Waals surface area (Å²) in [6, 6.07) is 6.01. The molecule has 0 saturated carbocycles. The Morgan fingerprint density at radius 3 is 2.43 bits per heavy atom. The van der Waals surface area contributed by atoms with Gasteiger partial charge >= 0.3 is 0 Å². The van der Waals surface area contributed by atoms with Gasteiger partial charge in [-0.05, 0) is 32.4 Å². The summed E-state index contributed by atoms with van der Waals surface area (Å²) in [4.78, 5) is 14.5. The van der Waals surface area contributed by atoms with Gasteiger partial charge in [0.2, 0.25) is 5.91 Å². The number of rotatable bonds is 3. The number of halogens is 2. The topological polar surface area (TPSA) is 44.4 Å². The van der Waals surface area contributed by atoms with Gasteiger partial charge in [-0.2, -0.15) is 0 Å². The standard InChI is InChI=1S/C15H23N3O.2ClH/c1-11-4-5-14(12(2)10-11)17-15(19)13(3)18-8-6-16-7-9-18;;/h4-5,10,13,16H,6-9H2,1-3H3,(H,17,19);2*1H. The Balaban J connectivity index is 0.00000200. The number of nitrogens with zero attached hydrogens (tertiary/aromatic N) is 1. The number of aryl methyl sites for hydroxylation is 2. The maximum absolute atomic E-state index is 12.3. The SMILES string of the molecule is Cc1ccc(NC(=O)C(C)N2CCNCC2)c(C)c1.Cl.Cl. The summed E-state index contributed by atoms with van der Waals surface area (Å²) in [7, 11) is 0. The third kappa shape index (κ3) is 5.47. The first-order valence-electron chi connectivity index (χ1n) is 6.91. The first-order chi connectivity index (χ1) is 9.08. The molecule has 1 heterocycles. The number of hydrogen-bond acceptors (Lipinski definition) is 3. The summed E-state index contributed by atoms with van der Waals surface area (Å²) in [5, 5.41) is 6.33. The predicted molar refractivity (Wildman–Crippen MR) is 92.9 cm³/mol. The van der Waals surface area contributed by atoms with Crippen molar-refractivity contribution in [1.29, 1.82) is 0 Å². The lowest BCUT2D eigenvalue weighted by Crippen LogP contribution is -2.51. The fraction of sp³-hybridized carbons (Fsp3) is 0.533. The molecule has 0 aliphatic carbocycles. The molecule has 1 unspecified atom stereocenters. The van der Waals surface area contributed by atoms with E-state index in [4.69, 9.17) is 0 Å². The summed E-state index contributed by atoms with van der Waals surface area (Å²) < 4.78 is 0. The van der Waals surface area contributed by atoms with Gasteiger partial charge in [-0.3, -0.25) is 9.69 Å². The molecule has 2 N–H and O–H groups in total. The number of nitrogens with one attached hydrogen (secondary N) is 2. The summed E-state index contributed by atoms with van der Waals surface area (Å²) in [6.07, 6.45) is 0. The van der Waals surface area contributed by atoms with E-state index in [1.165, 1.54) is 5.56 Å². The fourth-order valence-corrected chi connectivity index (χ4v) is 2.43. The molecule has 1 fully saturated rings. The minimum atomic E-state index is -0.0807. The fourth-order valence-electron chi connectivity index (χ4n) is 2.43. The Kier molecular flexibility index (Phi) is 8.90. The van der Waals surface area contributed by atoms with Gasteiger partial charge in [0, 0.05) is 31.9 Å². The number of carbonyl (C=O) groups is 1. The van der Waals surface area contributed by atoms with Crippen LogP contribution in [-0.4, -0.2) is 43.0 Å². The molecule has 1 amide bonds. The highest BCUT2D eigenvalue weighted by Gasteiger charge is 2.22. The molecule has 0 radical (unpaired) electrons. The van der Waals surface area contributed by atoms with Crippen molar-refractivity contribution in [3.63, 3.8) is 0 Å². The second kappa shape index (κ2) is 9.26. The maximum atomic E-state index is 12.3. The lowest BCUT2D eigenvalue weighted by atomic mass is 10.1. The van der Waals surface area contributed by atoms with Gasteiger partial charge in [0.25, 0.3) is 0 Å². The van der Waals surface area contributed by atoms with Crippen LogP contribution in [0.3, 0.4) is 0 Å². The van der Waals surface area contributed by atoms with Crippen molar-refractivity contribution < 1.29 is 4.79 Å². The summed E-state index contributed by atoms with van der Waals surface area (Å²) in [5.41, 5.74) is 3.24. The highest BCUT2D eigenvalue weighted by atomic mass is 35.5. The van der Waals surface area contributed by atoms with Crippen molar-refractivity contribution >= 4 is 36.4 Å². The molecular formula is C15H25Cl2N3O. The highest BCUT2D eigenvalue weighted by molar-refractivity contribution is 5.95. The number of hydrogen-bond donors (Lipinski definition) is 2. The molecule has 6 heteroatoms. The Morgan fingerprint density at radius 1 is 1.24 bits per heavy atom. The molecule has 1 aromatic carbocycles. The van der Waals surface area contributed by atoms with Gasteiger partial charge < -0.3 is 10.6 Å². The Bertz CT molecular complexity index is 462. The van der Waals surface area contributed by atoms with E-state index in [0.29, 0.717) is 0 Å². The molecule has 21 heavy (non-hydrogen) atoms. The van der Waals surface area contributed by atoms with Crippen molar-refractivity contribution in [1.82, 2.24) is 10.2 Å². The van der Waals surface area contributed by atoms with E-state index in [1.54, 1.807) is 0 Å². The maximum Gasteiger partial charge on any atom is 0.241 e. The third-order valence-corrected chi connectivity index (χ3v) is 3.72. The molecule has 0 bridgehead atoms. The second-order valence-corrected chi connectivity index (χ2v) is 5.27. The monoisotopic (exact) mass is 333 g/mol. The molecule has 1 saturated heterocycles. The van der Waals surface area contributed by atoms with E-state index in [2.05, 4.69) is 28.5 Å². The third-order valence-electron chi connectivity index (χ3n) is 3.72. The summed E-state index contributed by atoms with van der Waals surface area (Å²) >= 11 is 0. The number of anilines is 1. The molecule has 1 atom stereocenters. The van der Waals surface area contributed by atoms with Crippen molar-refractivity contribution in [2.75, 3.05) is 31.5 Å². The first kappa shape index (κ1) is 20.2. The van der Waals surface area contributed by atoms with E-state index in [9.17, 15) is 4.79 Å². The first-order valence-corrected chi connectivity index (χ1v) is 6.91. The van der Waals surface area contributed by atoms with Crippen LogP contribution >= 0.6 is 24.8 Å². The molecule has 0 spiro atoms. The van der Waals surface area contributed by atoms with Crippen LogP contribution < -0.4 is 10.6 Å². The largest absolute Gasteiger partial charge is 0.324 e. The second-order valence-electron chi connectivity index (χ2n) is 5.27. The van der Waals surface area contributed by atoms with Gasteiger partial charge in [0.05, 0.1) is 6.04 Å². The van der Waals surface area contributed by atoms with E-state index in [-0.39, 0.29) is 36.8 Å². The van der Waals surface area contributed by atoms with Crippen molar-refractivity contribution in [2.24, 2.45) is 0 Å². The minimum absolute atomic E-state index is 0. The van der Waals surface area contributed by atoms with Gasteiger partial charge in [-0.1, -0.05) is 17.7 Å². The van der Waals surface area contributed by atoms with Crippen LogP contribution in [-0.2, 0) is 4.79 Å². The van der Waals surface area contributed by atoms with Crippen molar-refractivity contribution in [2.45, 2.75) is 26.8 Å². The van der Waals surface area contributed by atoms with E-state index >= 15 is 0 Å². The van der Waals surface area contributed by atoms with Crippen LogP contribution in [0.2, 0.25) is 0 Å². The zero-order valence-electron chi connectivity index (χ0n) is 12.8. The molecule has 0 aromatic heterocycles. The minimum Gasteiger partial charge on any atom is -0.324 e. The number of amides is 1. The lowest BCUT2D eigenvalue weighted by molar-refractivity contribution is -0.120. The highest BCUT2D eigenvalue weighted by Crippen LogP contribution is 2.16. The van der Waals surface area contributed by atoms with Crippen LogP contribution in [0.1, 0.15) is 18.1 Å². The molecule has 4 nitrogen and oxygen atoms in total. The quantitative estimate of drug-likeness (QED) is 0.892. The molecule has 1 aliphatic heterocycles. The van der Waals surface area contributed by atoms with E-state index in [0.717, 1.165) is 37.4 Å². The van der Waals surface area contributed by atoms with Gasteiger partial charge in [-0.15, -0.1) is 24.8 Å². The average Bonchev–Trinajstić information content (AvgIpc) is 2.42. The Hall–Kier alpha value is -0.810. The van der Waals surface area contributed by atoms with E-state index < -0.39 is 0 Å². The lowest BCUT2D eigenvalue weighted by Gasteiger charge is -2.31. The van der Waals surface area contributed by atoms with Crippen molar-refractivity contribution in [3.8, 4) is 0 Å². The average molecular weight is 334 g/mol. The van der Waals surface area contributed by atoms with Crippen LogP contribution in [0, 0.1) is 13.8 Å². The van der Waals surface area contributed by atoms with Crippen LogP contribution in [0.5, 0.6) is 0 Å².